The van der Waals surface area contributed by atoms with Crippen LogP contribution in [-0.4, -0.2) is 9.52 Å². The van der Waals surface area contributed by atoms with Crippen molar-refractivity contribution in [3.8, 4) is 0 Å². The fraction of sp³-hybridized carbons (Fsp3) is 0.111. The minimum absolute atomic E-state index is 0. The maximum Gasteiger partial charge on any atom is 4.00 e. The van der Waals surface area contributed by atoms with E-state index >= 15 is 0 Å². The molecule has 0 aliphatic rings. The Morgan fingerprint density at radius 1 is 0.500 bits per heavy atom. The first-order chi connectivity index (χ1) is 17.2. The topological polar surface area (TPSA) is 0 Å². The maximum atomic E-state index is 2.28. The van der Waals surface area contributed by atoms with E-state index in [-0.39, 0.29) is 40.7 Å². The van der Waals surface area contributed by atoms with Crippen molar-refractivity contribution in [3.05, 3.63) is 171 Å². The van der Waals surface area contributed by atoms with E-state index in [1.54, 1.807) is 0 Å². The Balaban J connectivity index is 0.000000322. The van der Waals surface area contributed by atoms with Crippen LogP contribution in [0.15, 0.2) is 133 Å². The quantitative estimate of drug-likeness (QED) is 0.129. The summed E-state index contributed by atoms with van der Waals surface area (Å²) in [4.78, 5) is 0. The summed E-state index contributed by atoms with van der Waals surface area (Å²) >= 11 is 0. The average molecular weight is 677 g/mol. The van der Waals surface area contributed by atoms with E-state index in [0.29, 0.717) is 0 Å². The summed E-state index contributed by atoms with van der Waals surface area (Å²) in [5.74, 6) is 0. The molecule has 0 atom stereocenters. The molecule has 0 N–H and O–H groups in total. The van der Waals surface area contributed by atoms with Crippen LogP contribution in [0.1, 0.15) is 22.3 Å². The van der Waals surface area contributed by atoms with Crippen LogP contribution in [0.3, 0.4) is 0 Å². The SMILES string of the molecule is C[Si]C.[CH3-].[CH3-].[Hf+4].c1ccc(Cc2cc3ccccc3[cH-]2)cc1.c1ccc(Cc2cc3ccccc3[cH-]2)cc1. The molecule has 0 saturated heterocycles. The van der Waals surface area contributed by atoms with Crippen LogP contribution in [0.2, 0.25) is 13.1 Å². The second kappa shape index (κ2) is 17.7. The summed E-state index contributed by atoms with van der Waals surface area (Å²) in [5.41, 5.74) is 5.54. The van der Waals surface area contributed by atoms with Gasteiger partial charge in [-0.05, 0) is 24.0 Å². The van der Waals surface area contributed by atoms with Crippen molar-refractivity contribution in [2.45, 2.75) is 25.9 Å². The third-order valence-corrected chi connectivity index (χ3v) is 5.86. The molecule has 0 aliphatic heterocycles. The number of benzene rings is 4. The van der Waals surface area contributed by atoms with E-state index in [4.69, 9.17) is 0 Å². The Morgan fingerprint density at radius 2 is 0.816 bits per heavy atom. The number of fused-ring (bicyclic) bond motifs is 2. The van der Waals surface area contributed by atoms with Crippen molar-refractivity contribution in [1.82, 2.24) is 0 Å². The van der Waals surface area contributed by atoms with E-state index in [1.807, 2.05) is 0 Å². The molecule has 0 bridgehead atoms. The normalized spacial score (nSPS) is 9.53. The van der Waals surface area contributed by atoms with Crippen LogP contribution in [0, 0.1) is 14.9 Å². The molecular formula is C36H38HfSi. The second-order valence-corrected chi connectivity index (χ2v) is 9.81. The summed E-state index contributed by atoms with van der Waals surface area (Å²) < 4.78 is 0. The number of hydrogen-bond acceptors (Lipinski definition) is 0. The Labute approximate surface area is 252 Å². The van der Waals surface area contributed by atoms with Gasteiger partial charge in [0.15, 0.2) is 0 Å². The van der Waals surface area contributed by atoms with E-state index in [9.17, 15) is 0 Å². The van der Waals surface area contributed by atoms with E-state index < -0.39 is 0 Å². The zero-order chi connectivity index (χ0) is 24.3. The summed E-state index contributed by atoms with van der Waals surface area (Å²) in [6.07, 6.45) is 2.05. The fourth-order valence-electron chi connectivity index (χ4n) is 4.30. The zero-order valence-electron chi connectivity index (χ0n) is 23.1. The second-order valence-electron chi connectivity index (χ2n) is 8.81. The molecule has 2 heteroatoms. The van der Waals surface area contributed by atoms with Gasteiger partial charge in [-0.2, -0.15) is 12.1 Å². The smallest absolute Gasteiger partial charge is 0.358 e. The van der Waals surface area contributed by atoms with Crippen LogP contribution in [0.4, 0.5) is 0 Å². The van der Waals surface area contributed by atoms with Crippen LogP contribution < -0.4 is 0 Å². The molecule has 190 valence electrons. The molecule has 0 nitrogen and oxygen atoms in total. The monoisotopic (exact) mass is 678 g/mol. The van der Waals surface area contributed by atoms with Crippen molar-refractivity contribution in [3.63, 3.8) is 0 Å². The molecule has 6 aromatic rings. The zero-order valence-corrected chi connectivity index (χ0v) is 27.7. The maximum absolute atomic E-state index is 2.28. The van der Waals surface area contributed by atoms with E-state index in [1.165, 1.54) is 43.8 Å². The van der Waals surface area contributed by atoms with Gasteiger partial charge in [0.1, 0.15) is 0 Å². The molecule has 38 heavy (non-hydrogen) atoms. The van der Waals surface area contributed by atoms with Crippen molar-refractivity contribution in [2.24, 2.45) is 0 Å². The van der Waals surface area contributed by atoms with Gasteiger partial charge in [0.05, 0.1) is 0 Å². The molecule has 0 amide bonds. The first-order valence-corrected chi connectivity index (χ1v) is 14.2. The number of hydrogen-bond donors (Lipinski definition) is 0. The van der Waals surface area contributed by atoms with Crippen LogP contribution in [-0.2, 0) is 38.7 Å². The average Bonchev–Trinajstić information content (AvgIpc) is 3.49. The Bertz CT molecular complexity index is 1250. The molecule has 0 spiro atoms. The molecule has 0 aliphatic carbocycles. The Kier molecular flexibility index (Phi) is 15.4. The predicted octanol–water partition coefficient (Wildman–Crippen LogP) is 9.98. The van der Waals surface area contributed by atoms with Crippen molar-refractivity contribution < 1.29 is 25.8 Å². The molecule has 6 aromatic carbocycles. The van der Waals surface area contributed by atoms with Gasteiger partial charge in [0.2, 0.25) is 0 Å². The van der Waals surface area contributed by atoms with Gasteiger partial charge in [-0.3, -0.25) is 0 Å². The summed E-state index contributed by atoms with van der Waals surface area (Å²) in [7, 11) is 1.08. The molecule has 0 aromatic heterocycles. The van der Waals surface area contributed by atoms with E-state index in [2.05, 4.69) is 147 Å². The van der Waals surface area contributed by atoms with Crippen LogP contribution in [0.5, 0.6) is 0 Å². The van der Waals surface area contributed by atoms with Gasteiger partial charge in [-0.25, -0.2) is 0 Å². The largest absolute Gasteiger partial charge is 4.00 e. The Morgan fingerprint density at radius 3 is 1.16 bits per heavy atom. The van der Waals surface area contributed by atoms with Gasteiger partial charge in [0.25, 0.3) is 0 Å². The van der Waals surface area contributed by atoms with Crippen LogP contribution in [0.25, 0.3) is 21.5 Å². The first kappa shape index (κ1) is 33.2. The third-order valence-electron chi connectivity index (χ3n) is 5.86. The van der Waals surface area contributed by atoms with Gasteiger partial charge >= 0.3 is 25.8 Å². The van der Waals surface area contributed by atoms with Gasteiger partial charge in [-0.1, -0.05) is 85.9 Å². The number of rotatable bonds is 4. The Hall–Kier alpha value is -2.81. The van der Waals surface area contributed by atoms with Gasteiger partial charge < -0.3 is 14.9 Å². The van der Waals surface area contributed by atoms with Gasteiger partial charge in [0, 0.05) is 9.52 Å². The van der Waals surface area contributed by atoms with Crippen molar-refractivity contribution >= 4 is 31.1 Å². The van der Waals surface area contributed by atoms with E-state index in [0.717, 1.165) is 22.4 Å². The summed E-state index contributed by atoms with van der Waals surface area (Å²) in [5, 5.41) is 5.36. The molecule has 0 saturated carbocycles. The first-order valence-electron chi connectivity index (χ1n) is 12.2. The molecule has 6 rings (SSSR count). The van der Waals surface area contributed by atoms with Crippen molar-refractivity contribution in [2.75, 3.05) is 0 Å². The molecule has 0 fully saturated rings. The summed E-state index contributed by atoms with van der Waals surface area (Å²) in [6.45, 7) is 4.31. The van der Waals surface area contributed by atoms with Crippen molar-refractivity contribution in [1.29, 1.82) is 0 Å². The minimum Gasteiger partial charge on any atom is -0.358 e. The molecular weight excluding hydrogens is 639 g/mol. The third kappa shape index (κ3) is 9.81. The summed E-state index contributed by atoms with van der Waals surface area (Å²) in [6, 6.07) is 47.4. The van der Waals surface area contributed by atoms with Gasteiger partial charge in [-0.15, -0.1) is 81.2 Å². The fourth-order valence-corrected chi connectivity index (χ4v) is 4.30. The standard InChI is InChI=1S/2C16H13.C2H6Si.2CH3.Hf/c2*1-2-6-13(7-3-1)10-14-11-15-8-4-5-9-16(15)12-14;1-3-2;;;/h2*1-9,11-12H,10H2;1-2H3;2*1H3;/q2*-1;;2*-1;+4. The minimum atomic E-state index is 0. The predicted molar refractivity (Wildman–Crippen MR) is 168 cm³/mol. The molecule has 0 unspecified atom stereocenters. The molecule has 2 radical (unpaired) electrons. The van der Waals surface area contributed by atoms with Crippen LogP contribution >= 0.6 is 0 Å². The molecule has 0 heterocycles.